The van der Waals surface area contributed by atoms with Crippen LogP contribution >= 0.6 is 0 Å². The number of aromatic nitrogens is 1. The molecule has 1 atom stereocenters. The average Bonchev–Trinajstić information content (AvgIpc) is 3.78. The van der Waals surface area contributed by atoms with Crippen molar-refractivity contribution in [3.8, 4) is 11.3 Å². The van der Waals surface area contributed by atoms with Gasteiger partial charge in [-0.05, 0) is 74.6 Å². The van der Waals surface area contributed by atoms with Crippen molar-refractivity contribution in [3.63, 3.8) is 0 Å². The Morgan fingerprint density at radius 2 is 1.54 bits per heavy atom. The predicted octanol–water partition coefficient (Wildman–Crippen LogP) is 13.9. The number of rotatable bonds is 7. The summed E-state index contributed by atoms with van der Waals surface area (Å²) in [6, 6.07) is 40.8. The number of nitrogens with zero attached hydrogens (tertiary/aromatic N) is 2. The SMILES string of the molecule is CC(C)c1cccc(C(C)C)c1C1C(c2[c-]ccc3c2oc2ccccc23)=Nc2ccccc21.[2H]C([2H])([2H])c1c[c-]c(-c2cc(C([2H])([2H])C(C)(C)C)c([Si](C)(C)C)cn2)cc1.[Ir]. The summed E-state index contributed by atoms with van der Waals surface area (Å²) >= 11 is 0. The van der Waals surface area contributed by atoms with Crippen molar-refractivity contribution in [2.45, 2.75) is 99.1 Å². The Hall–Kier alpha value is -4.41. The van der Waals surface area contributed by atoms with Crippen LogP contribution in [0, 0.1) is 24.4 Å². The van der Waals surface area contributed by atoms with Crippen molar-refractivity contribution in [3.05, 3.63) is 160 Å². The molecule has 3 nitrogen and oxygen atoms in total. The Labute approximate surface area is 362 Å². The van der Waals surface area contributed by atoms with E-state index in [4.69, 9.17) is 16.3 Å². The molecule has 0 fully saturated rings. The number of pyridine rings is 1. The van der Waals surface area contributed by atoms with Crippen molar-refractivity contribution in [2.24, 2.45) is 10.4 Å². The largest absolute Gasteiger partial charge is 0.501 e. The predicted molar refractivity (Wildman–Crippen MR) is 241 cm³/mol. The van der Waals surface area contributed by atoms with Gasteiger partial charge in [0.15, 0.2) is 0 Å². The number of hydrogen-bond acceptors (Lipinski definition) is 3. The quantitative estimate of drug-likeness (QED) is 0.118. The van der Waals surface area contributed by atoms with E-state index >= 15 is 0 Å². The molecule has 0 amide bonds. The first kappa shape index (κ1) is 35.7. The molecule has 1 radical (unpaired) electrons. The molecule has 1 aliphatic heterocycles. The maximum absolute atomic E-state index is 8.79. The van der Waals surface area contributed by atoms with Crippen LogP contribution in [0.4, 0.5) is 5.69 Å². The third kappa shape index (κ3) is 8.87. The second-order valence-electron chi connectivity index (χ2n) is 17.6. The summed E-state index contributed by atoms with van der Waals surface area (Å²) in [6.07, 6.45) is 0.269. The molecule has 0 bridgehead atoms. The molecule has 1 unspecified atom stereocenters. The Kier molecular flexibility index (Phi) is 10.5. The Balaban J connectivity index is 0.000000210. The normalized spacial score (nSPS) is 15.8. The molecule has 7 aromatic rings. The number of furan rings is 1. The maximum Gasteiger partial charge on any atom is 0.120 e. The van der Waals surface area contributed by atoms with Crippen LogP contribution < -0.4 is 5.19 Å². The van der Waals surface area contributed by atoms with Crippen LogP contribution in [0.3, 0.4) is 0 Å². The van der Waals surface area contributed by atoms with Crippen LogP contribution in [0.25, 0.3) is 33.2 Å². The van der Waals surface area contributed by atoms with Crippen LogP contribution in [0.15, 0.2) is 119 Å². The van der Waals surface area contributed by atoms with Crippen LogP contribution in [0.2, 0.25) is 19.6 Å². The summed E-state index contributed by atoms with van der Waals surface area (Å²) in [7, 11) is -1.81. The topological polar surface area (TPSA) is 38.4 Å². The van der Waals surface area contributed by atoms with Gasteiger partial charge in [0.1, 0.15) is 5.58 Å². The monoisotopic (exact) mass is 950 g/mol. The van der Waals surface area contributed by atoms with Gasteiger partial charge < -0.3 is 9.40 Å². The molecular formula is C52H56IrN2OSi-2. The first-order valence-electron chi connectivity index (χ1n) is 22.3. The van der Waals surface area contributed by atoms with Gasteiger partial charge in [0.25, 0.3) is 0 Å². The van der Waals surface area contributed by atoms with E-state index in [9.17, 15) is 0 Å². The number of hydrogen-bond donors (Lipinski definition) is 0. The van der Waals surface area contributed by atoms with Gasteiger partial charge >= 0.3 is 0 Å². The summed E-state index contributed by atoms with van der Waals surface area (Å²) in [6.45, 7) is 19.2. The smallest absolute Gasteiger partial charge is 0.120 e. The molecule has 0 aliphatic carbocycles. The fourth-order valence-corrected chi connectivity index (χ4v) is 9.18. The van der Waals surface area contributed by atoms with Gasteiger partial charge in [-0.25, -0.2) is 0 Å². The van der Waals surface area contributed by atoms with Crippen LogP contribution in [-0.2, 0) is 26.5 Å². The van der Waals surface area contributed by atoms with Gasteiger partial charge in [0, 0.05) is 44.5 Å². The number of para-hydroxylation sites is 2. The summed E-state index contributed by atoms with van der Waals surface area (Å²) in [5, 5.41) is 3.25. The molecule has 0 N–H and O–H groups in total. The van der Waals surface area contributed by atoms with Gasteiger partial charge in [0.2, 0.25) is 0 Å². The number of aryl methyl sites for hydroxylation is 1. The molecular weight excluding hydrogens is 889 g/mol. The summed E-state index contributed by atoms with van der Waals surface area (Å²) in [5.41, 5.74) is 11.8. The fraction of sp³-hybridized carbons (Fsp3) is 0.308. The molecule has 5 aromatic carbocycles. The van der Waals surface area contributed by atoms with E-state index < -0.39 is 26.7 Å². The van der Waals surface area contributed by atoms with E-state index in [1.54, 1.807) is 18.3 Å². The standard InChI is InChI=1S/C32H28NO.C20H28NSi.Ir/c1-19(2)21-13-9-14-22(20(3)4)29(21)30-25-12-5-7-17-27(25)33-31(30)26-16-10-15-24-23-11-6-8-18-28(23)34-32(24)26;1-15-8-10-16(11-9-15)18-12-17(13-20(2,3)4)19(14-21-18)22(5,6)7;/h5-15,17-20,30H,1-4H3;8-10,12,14H,13H2,1-7H3;/q2*-1;/i;1D3,13D2;. The van der Waals surface area contributed by atoms with Crippen molar-refractivity contribution in [1.29, 1.82) is 0 Å². The Morgan fingerprint density at radius 1 is 0.842 bits per heavy atom. The second kappa shape index (κ2) is 16.8. The van der Waals surface area contributed by atoms with E-state index in [0.29, 0.717) is 28.7 Å². The Bertz CT molecular complexity index is 2730. The van der Waals surface area contributed by atoms with Gasteiger partial charge in [-0.1, -0.05) is 152 Å². The minimum atomic E-state index is -2.17. The van der Waals surface area contributed by atoms with Gasteiger partial charge in [-0.3, -0.25) is 4.99 Å². The van der Waals surface area contributed by atoms with Crippen molar-refractivity contribution in [2.75, 3.05) is 0 Å². The van der Waals surface area contributed by atoms with E-state index in [-0.39, 0.29) is 31.6 Å². The second-order valence-corrected chi connectivity index (χ2v) is 22.6. The van der Waals surface area contributed by atoms with Crippen LogP contribution in [0.1, 0.15) is 112 Å². The van der Waals surface area contributed by atoms with E-state index in [1.807, 2.05) is 45.0 Å². The van der Waals surface area contributed by atoms with E-state index in [1.165, 1.54) is 28.3 Å². The molecule has 8 rings (SSSR count). The van der Waals surface area contributed by atoms with Crippen molar-refractivity contribution >= 4 is 46.6 Å². The maximum atomic E-state index is 8.79. The molecule has 5 heteroatoms. The molecule has 2 aromatic heterocycles. The first-order chi connectivity index (χ1) is 28.6. The molecule has 0 spiro atoms. The van der Waals surface area contributed by atoms with E-state index in [2.05, 4.69) is 125 Å². The Morgan fingerprint density at radius 3 is 2.19 bits per heavy atom. The minimum absolute atomic E-state index is 0. The zero-order valence-corrected chi connectivity index (χ0v) is 38.2. The van der Waals surface area contributed by atoms with E-state index in [0.717, 1.165) is 44.1 Å². The average molecular weight is 950 g/mol. The summed E-state index contributed by atoms with van der Waals surface area (Å²) in [5.74, 6) is 0.865. The number of fused-ring (bicyclic) bond motifs is 4. The van der Waals surface area contributed by atoms with Crippen LogP contribution in [-0.4, -0.2) is 18.8 Å². The minimum Gasteiger partial charge on any atom is -0.501 e. The van der Waals surface area contributed by atoms with Crippen LogP contribution in [0.5, 0.6) is 0 Å². The number of aliphatic imine (C=N–C) groups is 1. The summed E-state index contributed by atoms with van der Waals surface area (Å²) < 4.78 is 46.5. The summed E-state index contributed by atoms with van der Waals surface area (Å²) in [4.78, 5) is 9.79. The molecule has 3 heterocycles. The molecule has 57 heavy (non-hydrogen) atoms. The van der Waals surface area contributed by atoms with Crippen molar-refractivity contribution < 1.29 is 31.4 Å². The molecule has 295 valence electrons. The molecule has 1 aliphatic rings. The van der Waals surface area contributed by atoms with Crippen molar-refractivity contribution in [1.82, 2.24) is 4.98 Å². The first-order valence-corrected chi connectivity index (χ1v) is 23.3. The van der Waals surface area contributed by atoms with Gasteiger partial charge in [-0.2, -0.15) is 0 Å². The zero-order chi connectivity index (χ0) is 44.2. The molecule has 0 saturated carbocycles. The fourth-order valence-electron chi connectivity index (χ4n) is 7.78. The molecule has 0 saturated heterocycles. The van der Waals surface area contributed by atoms with Gasteiger partial charge in [0.05, 0.1) is 19.3 Å². The number of benzene rings is 5. The third-order valence-electron chi connectivity index (χ3n) is 10.4. The zero-order valence-electron chi connectivity index (χ0n) is 39.8. The van der Waals surface area contributed by atoms with Gasteiger partial charge in [-0.15, -0.1) is 53.6 Å². The third-order valence-corrected chi connectivity index (χ3v) is 12.4.